The second kappa shape index (κ2) is 2.35. The largest absolute Gasteiger partial charge is 0.459 e. The number of hydrogen-bond acceptors (Lipinski definition) is 3. The molecule has 0 amide bonds. The van der Waals surface area contributed by atoms with Crippen molar-refractivity contribution < 1.29 is 9.47 Å². The molecular weight excluding hydrogens is 136 g/mol. The van der Waals surface area contributed by atoms with Crippen molar-refractivity contribution in [3.63, 3.8) is 0 Å². The van der Waals surface area contributed by atoms with Crippen molar-refractivity contribution in [2.75, 3.05) is 0 Å². The smallest absolute Gasteiger partial charge is 0.237 e. The maximum Gasteiger partial charge on any atom is 0.237 e. The number of rotatable bonds is 1. The third-order valence-electron chi connectivity index (χ3n) is 1.01. The highest BCUT2D eigenvalue weighted by Crippen LogP contribution is 2.14. The van der Waals surface area contributed by atoms with E-state index in [4.69, 9.17) is 21.7 Å². The summed E-state index contributed by atoms with van der Waals surface area (Å²) in [6.45, 7) is 3.63. The lowest BCUT2D eigenvalue weighted by Gasteiger charge is -2.03. The van der Waals surface area contributed by atoms with Gasteiger partial charge in [0.2, 0.25) is 6.29 Å². The van der Waals surface area contributed by atoms with E-state index in [1.165, 1.54) is 0 Å². The molecule has 50 valence electrons. The van der Waals surface area contributed by atoms with Gasteiger partial charge in [0, 0.05) is 6.92 Å². The van der Waals surface area contributed by atoms with Gasteiger partial charge in [-0.3, -0.25) is 0 Å². The Hall–Kier alpha value is -0.570. The lowest BCUT2D eigenvalue weighted by atomic mass is 10.4. The fraction of sp³-hybridized carbons (Fsp3) is 0.500. The number of allylic oxidation sites excluding steroid dienone is 1. The number of hydrogen-bond donors (Lipinski definition) is 0. The van der Waals surface area contributed by atoms with Gasteiger partial charge in [-0.1, -0.05) is 12.2 Å². The number of thiocarbonyl (C=S) groups is 1. The Balaban J connectivity index is 2.55. The van der Waals surface area contributed by atoms with E-state index in [-0.39, 0.29) is 6.29 Å². The van der Waals surface area contributed by atoms with E-state index in [0.29, 0.717) is 5.76 Å². The lowest BCUT2D eigenvalue weighted by molar-refractivity contribution is -0.0101. The Morgan fingerprint density at radius 3 is 2.67 bits per heavy atom. The molecule has 3 heteroatoms. The molecule has 1 unspecified atom stereocenters. The van der Waals surface area contributed by atoms with Crippen LogP contribution in [0.4, 0.5) is 0 Å². The summed E-state index contributed by atoms with van der Waals surface area (Å²) in [5.41, 5.74) is 0. The molecule has 1 aliphatic heterocycles. The summed E-state index contributed by atoms with van der Waals surface area (Å²) in [6.07, 6.45) is 1.38. The average Bonchev–Trinajstić information content (AvgIpc) is 2.14. The van der Waals surface area contributed by atoms with Crippen molar-refractivity contribution >= 4 is 17.1 Å². The predicted molar refractivity (Wildman–Crippen MR) is 38.0 cm³/mol. The van der Waals surface area contributed by atoms with Gasteiger partial charge in [-0.25, -0.2) is 0 Å². The second-order valence-electron chi connectivity index (χ2n) is 1.86. The van der Waals surface area contributed by atoms with E-state index in [1.54, 1.807) is 6.26 Å². The quantitative estimate of drug-likeness (QED) is 0.521. The van der Waals surface area contributed by atoms with Crippen LogP contribution < -0.4 is 0 Å². The molecule has 0 aliphatic carbocycles. The zero-order valence-corrected chi connectivity index (χ0v) is 6.20. The van der Waals surface area contributed by atoms with Crippen LogP contribution >= 0.6 is 12.2 Å². The van der Waals surface area contributed by atoms with Crippen LogP contribution in [0.3, 0.4) is 0 Å². The highest BCUT2D eigenvalue weighted by atomic mass is 32.1. The zero-order chi connectivity index (χ0) is 6.85. The summed E-state index contributed by atoms with van der Waals surface area (Å²) in [4.78, 5) is 0.736. The molecule has 0 aromatic heterocycles. The lowest BCUT2D eigenvalue weighted by Crippen LogP contribution is -2.03. The van der Waals surface area contributed by atoms with E-state index in [2.05, 4.69) is 0 Å². The standard InChI is InChI=1S/C6H8O2S/c1-4(9)6-3-7-5(2)8-6/h3,5H,1-2H3. The summed E-state index contributed by atoms with van der Waals surface area (Å²) in [5, 5.41) is 0. The van der Waals surface area contributed by atoms with Crippen LogP contribution in [0.15, 0.2) is 12.0 Å². The van der Waals surface area contributed by atoms with Crippen molar-refractivity contribution in [2.45, 2.75) is 20.1 Å². The van der Waals surface area contributed by atoms with E-state index in [0.717, 1.165) is 4.86 Å². The van der Waals surface area contributed by atoms with Crippen molar-refractivity contribution in [3.8, 4) is 0 Å². The van der Waals surface area contributed by atoms with Gasteiger partial charge < -0.3 is 9.47 Å². The first-order valence-corrected chi connectivity index (χ1v) is 3.14. The molecule has 1 atom stereocenters. The maximum absolute atomic E-state index is 5.12. The minimum atomic E-state index is -0.169. The maximum atomic E-state index is 5.12. The average molecular weight is 144 g/mol. The highest BCUT2D eigenvalue weighted by molar-refractivity contribution is 7.80. The van der Waals surface area contributed by atoms with Crippen molar-refractivity contribution in [1.82, 2.24) is 0 Å². The Morgan fingerprint density at radius 1 is 1.78 bits per heavy atom. The first kappa shape index (κ1) is 6.55. The van der Waals surface area contributed by atoms with Crippen LogP contribution in [0.5, 0.6) is 0 Å². The third kappa shape index (κ3) is 1.42. The summed E-state index contributed by atoms with van der Waals surface area (Å²) >= 11 is 4.83. The summed E-state index contributed by atoms with van der Waals surface area (Å²) in [5.74, 6) is 0.678. The van der Waals surface area contributed by atoms with Crippen molar-refractivity contribution in [1.29, 1.82) is 0 Å². The minimum absolute atomic E-state index is 0.169. The number of ether oxygens (including phenoxy) is 2. The molecule has 0 saturated carbocycles. The van der Waals surface area contributed by atoms with Crippen LogP contribution in [0.2, 0.25) is 0 Å². The van der Waals surface area contributed by atoms with Gasteiger partial charge in [-0.05, 0) is 6.92 Å². The highest BCUT2D eigenvalue weighted by Gasteiger charge is 2.14. The Morgan fingerprint density at radius 2 is 2.44 bits per heavy atom. The summed E-state index contributed by atoms with van der Waals surface area (Å²) in [6, 6.07) is 0. The summed E-state index contributed by atoms with van der Waals surface area (Å²) < 4.78 is 10.1. The topological polar surface area (TPSA) is 18.5 Å². The zero-order valence-electron chi connectivity index (χ0n) is 5.38. The first-order valence-electron chi connectivity index (χ1n) is 2.73. The van der Waals surface area contributed by atoms with Crippen LogP contribution in [-0.2, 0) is 9.47 Å². The Kier molecular flexibility index (Phi) is 1.71. The molecule has 2 nitrogen and oxygen atoms in total. The Labute approximate surface area is 59.5 Å². The van der Waals surface area contributed by atoms with Crippen LogP contribution in [0.1, 0.15) is 13.8 Å². The molecule has 0 aromatic rings. The fourth-order valence-electron chi connectivity index (χ4n) is 0.558. The molecule has 0 saturated heterocycles. The second-order valence-corrected chi connectivity index (χ2v) is 2.47. The van der Waals surface area contributed by atoms with E-state index < -0.39 is 0 Å². The first-order chi connectivity index (χ1) is 4.20. The molecule has 0 N–H and O–H groups in total. The van der Waals surface area contributed by atoms with Crippen molar-refractivity contribution in [2.24, 2.45) is 0 Å². The van der Waals surface area contributed by atoms with Gasteiger partial charge in [0.25, 0.3) is 0 Å². The van der Waals surface area contributed by atoms with Crippen LogP contribution in [0, 0.1) is 0 Å². The molecule has 0 bridgehead atoms. The van der Waals surface area contributed by atoms with Gasteiger partial charge in [0.15, 0.2) is 5.76 Å². The molecule has 0 aromatic carbocycles. The van der Waals surface area contributed by atoms with Gasteiger partial charge in [-0.15, -0.1) is 0 Å². The monoisotopic (exact) mass is 144 g/mol. The minimum Gasteiger partial charge on any atom is -0.459 e. The summed E-state index contributed by atoms with van der Waals surface area (Å²) in [7, 11) is 0. The normalized spacial score (nSPS) is 24.2. The molecule has 1 heterocycles. The van der Waals surface area contributed by atoms with Gasteiger partial charge >= 0.3 is 0 Å². The molecule has 0 radical (unpaired) electrons. The molecule has 1 rings (SSSR count). The van der Waals surface area contributed by atoms with Gasteiger partial charge in [-0.2, -0.15) is 0 Å². The van der Waals surface area contributed by atoms with E-state index in [1.807, 2.05) is 13.8 Å². The molecule has 0 fully saturated rings. The van der Waals surface area contributed by atoms with E-state index in [9.17, 15) is 0 Å². The third-order valence-corrected chi connectivity index (χ3v) is 1.21. The van der Waals surface area contributed by atoms with Gasteiger partial charge in [0.05, 0.1) is 4.86 Å². The van der Waals surface area contributed by atoms with Crippen LogP contribution in [0.25, 0.3) is 0 Å². The molecule has 1 aliphatic rings. The molecular formula is C6H8O2S. The van der Waals surface area contributed by atoms with E-state index >= 15 is 0 Å². The van der Waals surface area contributed by atoms with Gasteiger partial charge in [0.1, 0.15) is 6.26 Å². The van der Waals surface area contributed by atoms with Crippen LogP contribution in [-0.4, -0.2) is 11.2 Å². The fourth-order valence-corrected chi connectivity index (χ4v) is 0.654. The molecule has 0 spiro atoms. The van der Waals surface area contributed by atoms with Crippen molar-refractivity contribution in [3.05, 3.63) is 12.0 Å². The molecule has 9 heavy (non-hydrogen) atoms. The predicted octanol–water partition coefficient (Wildman–Crippen LogP) is 1.61. The Bertz CT molecular complexity index is 162. The SMILES string of the molecule is CC(=S)C1=COC(C)O1.